The predicted molar refractivity (Wildman–Crippen MR) is 63.7 cm³/mol. The van der Waals surface area contributed by atoms with E-state index >= 15 is 0 Å². The van der Waals surface area contributed by atoms with Crippen molar-refractivity contribution < 1.29 is 24.2 Å². The first-order chi connectivity index (χ1) is 8.90. The van der Waals surface area contributed by atoms with Crippen molar-refractivity contribution in [1.29, 1.82) is 0 Å². The SMILES string of the molecule is CCOC1C(=O)N(C)C(=O)C1C1C=C(O)N(C)C1=O. The smallest absolute Gasteiger partial charge is 0.258 e. The summed E-state index contributed by atoms with van der Waals surface area (Å²) in [5, 5.41) is 9.55. The molecule has 7 nitrogen and oxygen atoms in total. The average molecular weight is 268 g/mol. The van der Waals surface area contributed by atoms with Crippen LogP contribution in [0.25, 0.3) is 0 Å². The van der Waals surface area contributed by atoms with Gasteiger partial charge in [-0.25, -0.2) is 0 Å². The highest BCUT2D eigenvalue weighted by Crippen LogP contribution is 2.34. The summed E-state index contributed by atoms with van der Waals surface area (Å²) in [6.07, 6.45) is 0.329. The minimum absolute atomic E-state index is 0.208. The van der Waals surface area contributed by atoms with Crippen molar-refractivity contribution in [3.8, 4) is 0 Å². The van der Waals surface area contributed by atoms with E-state index in [1.165, 1.54) is 20.2 Å². The molecule has 3 unspecified atom stereocenters. The summed E-state index contributed by atoms with van der Waals surface area (Å²) in [4.78, 5) is 38.0. The minimum atomic E-state index is -0.966. The molecule has 7 heteroatoms. The maximum atomic E-state index is 12.1. The number of amides is 3. The largest absolute Gasteiger partial charge is 0.495 e. The molecule has 0 saturated carbocycles. The van der Waals surface area contributed by atoms with Crippen LogP contribution in [0.2, 0.25) is 0 Å². The lowest BCUT2D eigenvalue weighted by Crippen LogP contribution is -2.37. The van der Waals surface area contributed by atoms with Crippen LogP contribution in [0.4, 0.5) is 0 Å². The van der Waals surface area contributed by atoms with Crippen molar-refractivity contribution >= 4 is 17.7 Å². The number of aliphatic hydroxyl groups excluding tert-OH is 1. The molecule has 3 amide bonds. The van der Waals surface area contributed by atoms with Crippen LogP contribution < -0.4 is 0 Å². The fourth-order valence-corrected chi connectivity index (χ4v) is 2.44. The predicted octanol–water partition coefficient (Wildman–Crippen LogP) is -0.506. The Labute approximate surface area is 110 Å². The number of ether oxygens (including phenoxy) is 1. The Bertz CT molecular complexity index is 473. The Hall–Kier alpha value is -1.89. The minimum Gasteiger partial charge on any atom is -0.495 e. The van der Waals surface area contributed by atoms with Crippen LogP contribution in [0.1, 0.15) is 6.92 Å². The lowest BCUT2D eigenvalue weighted by molar-refractivity contribution is -0.141. The molecule has 0 aliphatic carbocycles. The molecule has 1 N–H and O–H groups in total. The van der Waals surface area contributed by atoms with Gasteiger partial charge in [0, 0.05) is 20.7 Å². The molecule has 0 radical (unpaired) electrons. The lowest BCUT2D eigenvalue weighted by atomic mass is 9.89. The maximum Gasteiger partial charge on any atom is 0.258 e. The molecule has 0 aromatic rings. The number of carbonyl (C=O) groups excluding carboxylic acids is 3. The molecule has 0 aromatic carbocycles. The molecule has 104 valence electrons. The van der Waals surface area contributed by atoms with E-state index in [2.05, 4.69) is 0 Å². The quantitative estimate of drug-likeness (QED) is 0.697. The molecular formula is C12H16N2O5. The summed E-state index contributed by atoms with van der Waals surface area (Å²) in [5.41, 5.74) is 0. The zero-order valence-corrected chi connectivity index (χ0v) is 11.0. The van der Waals surface area contributed by atoms with Crippen molar-refractivity contribution in [2.24, 2.45) is 11.8 Å². The van der Waals surface area contributed by atoms with Gasteiger partial charge in [-0.15, -0.1) is 0 Å². The molecule has 0 aromatic heterocycles. The first-order valence-electron chi connectivity index (χ1n) is 6.01. The first-order valence-corrected chi connectivity index (χ1v) is 6.01. The van der Waals surface area contributed by atoms with E-state index in [9.17, 15) is 19.5 Å². The van der Waals surface area contributed by atoms with E-state index in [0.29, 0.717) is 0 Å². The highest BCUT2D eigenvalue weighted by atomic mass is 16.5. The van der Waals surface area contributed by atoms with Crippen molar-refractivity contribution in [2.75, 3.05) is 20.7 Å². The monoisotopic (exact) mass is 268 g/mol. The summed E-state index contributed by atoms with van der Waals surface area (Å²) in [6, 6.07) is 0. The second-order valence-electron chi connectivity index (χ2n) is 4.59. The maximum absolute atomic E-state index is 12.1. The molecule has 3 atom stereocenters. The van der Waals surface area contributed by atoms with Crippen molar-refractivity contribution in [3.05, 3.63) is 12.0 Å². The van der Waals surface area contributed by atoms with E-state index in [1.54, 1.807) is 6.92 Å². The third-order valence-electron chi connectivity index (χ3n) is 3.54. The fourth-order valence-electron chi connectivity index (χ4n) is 2.44. The van der Waals surface area contributed by atoms with Gasteiger partial charge in [0.25, 0.3) is 5.91 Å². The second kappa shape index (κ2) is 4.65. The van der Waals surface area contributed by atoms with Crippen LogP contribution in [0, 0.1) is 11.8 Å². The molecule has 2 rings (SSSR count). The van der Waals surface area contributed by atoms with Gasteiger partial charge in [-0.05, 0) is 13.0 Å². The van der Waals surface area contributed by atoms with E-state index < -0.39 is 35.7 Å². The standard InChI is InChI=1S/C12H16N2O5/c1-4-19-9-8(11(17)14(3)12(9)18)6-5-7(15)13(2)10(6)16/h5-6,8-9,15H,4H2,1-3H3. The number of hydrogen-bond acceptors (Lipinski definition) is 5. The van der Waals surface area contributed by atoms with Crippen molar-refractivity contribution in [2.45, 2.75) is 13.0 Å². The van der Waals surface area contributed by atoms with Gasteiger partial charge in [0.05, 0.1) is 11.8 Å². The van der Waals surface area contributed by atoms with Crippen molar-refractivity contribution in [3.63, 3.8) is 0 Å². The number of hydrogen-bond donors (Lipinski definition) is 1. The zero-order valence-electron chi connectivity index (χ0n) is 11.0. The fraction of sp³-hybridized carbons (Fsp3) is 0.583. The lowest BCUT2D eigenvalue weighted by Gasteiger charge is -2.19. The van der Waals surface area contributed by atoms with E-state index in [1.807, 2.05) is 0 Å². The third kappa shape index (κ3) is 1.90. The molecule has 2 aliphatic heterocycles. The van der Waals surface area contributed by atoms with Crippen LogP contribution in [-0.2, 0) is 19.1 Å². The zero-order chi connectivity index (χ0) is 14.3. The number of likely N-dealkylation sites (tertiary alicyclic amines) is 1. The van der Waals surface area contributed by atoms with Crippen LogP contribution >= 0.6 is 0 Å². The summed E-state index contributed by atoms with van der Waals surface area (Å²) < 4.78 is 5.31. The van der Waals surface area contributed by atoms with Crippen LogP contribution in [-0.4, -0.2) is 59.4 Å². The molecule has 1 saturated heterocycles. The molecule has 2 heterocycles. The average Bonchev–Trinajstić information content (AvgIpc) is 2.74. The Balaban J connectivity index is 2.34. The van der Waals surface area contributed by atoms with E-state index in [0.717, 1.165) is 9.80 Å². The van der Waals surface area contributed by atoms with E-state index in [4.69, 9.17) is 4.74 Å². The molecular weight excluding hydrogens is 252 g/mol. The first kappa shape index (κ1) is 13.5. The van der Waals surface area contributed by atoms with Gasteiger partial charge < -0.3 is 9.84 Å². The van der Waals surface area contributed by atoms with Gasteiger partial charge >= 0.3 is 0 Å². The number of likely N-dealkylation sites (N-methyl/N-ethyl adjacent to an activating group) is 1. The topological polar surface area (TPSA) is 87.2 Å². The Morgan fingerprint density at radius 3 is 2.26 bits per heavy atom. The highest BCUT2D eigenvalue weighted by Gasteiger charge is 2.53. The van der Waals surface area contributed by atoms with Gasteiger partial charge in [-0.1, -0.05) is 0 Å². The Kier molecular flexibility index (Phi) is 3.32. The normalized spacial score (nSPS) is 31.4. The number of nitrogens with zero attached hydrogens (tertiary/aromatic N) is 2. The number of carbonyl (C=O) groups is 3. The summed E-state index contributed by atoms with van der Waals surface area (Å²) >= 11 is 0. The third-order valence-corrected chi connectivity index (χ3v) is 3.54. The molecule has 2 aliphatic rings. The number of rotatable bonds is 3. The summed E-state index contributed by atoms with van der Waals surface area (Å²) in [7, 11) is 2.78. The van der Waals surface area contributed by atoms with Crippen LogP contribution in [0.3, 0.4) is 0 Å². The van der Waals surface area contributed by atoms with Crippen LogP contribution in [0.5, 0.6) is 0 Å². The molecule has 0 bridgehead atoms. The Morgan fingerprint density at radius 2 is 1.79 bits per heavy atom. The summed E-state index contributed by atoms with van der Waals surface area (Å²) in [6.45, 7) is 1.98. The summed E-state index contributed by atoms with van der Waals surface area (Å²) in [5.74, 6) is -3.29. The molecule has 19 heavy (non-hydrogen) atoms. The Morgan fingerprint density at radius 1 is 1.16 bits per heavy atom. The van der Waals surface area contributed by atoms with Gasteiger partial charge in [-0.3, -0.25) is 24.2 Å². The van der Waals surface area contributed by atoms with Crippen molar-refractivity contribution in [1.82, 2.24) is 9.80 Å². The van der Waals surface area contributed by atoms with Gasteiger partial charge in [0.1, 0.15) is 6.10 Å². The van der Waals surface area contributed by atoms with E-state index in [-0.39, 0.29) is 12.5 Å². The number of imide groups is 1. The van der Waals surface area contributed by atoms with Gasteiger partial charge in [0.15, 0.2) is 5.88 Å². The molecule has 0 spiro atoms. The van der Waals surface area contributed by atoms with Gasteiger partial charge in [0.2, 0.25) is 11.8 Å². The second-order valence-corrected chi connectivity index (χ2v) is 4.59. The van der Waals surface area contributed by atoms with Crippen LogP contribution in [0.15, 0.2) is 12.0 Å². The number of aliphatic hydroxyl groups is 1. The highest BCUT2D eigenvalue weighted by molar-refractivity contribution is 6.08. The molecule has 1 fully saturated rings. The van der Waals surface area contributed by atoms with Gasteiger partial charge in [-0.2, -0.15) is 0 Å².